The van der Waals surface area contributed by atoms with Gasteiger partial charge in [0.15, 0.2) is 0 Å². The molecule has 6 nitrogen and oxygen atoms in total. The first-order valence-electron chi connectivity index (χ1n) is 8.06. The zero-order valence-corrected chi connectivity index (χ0v) is 15.2. The molecule has 0 saturated carbocycles. The van der Waals surface area contributed by atoms with E-state index in [0.717, 1.165) is 11.1 Å². The van der Waals surface area contributed by atoms with Crippen LogP contribution in [0, 0.1) is 13.8 Å². The molecule has 1 aliphatic heterocycles. The molecule has 1 amide bonds. The summed E-state index contributed by atoms with van der Waals surface area (Å²) in [5, 5.41) is 0. The molecule has 1 saturated heterocycles. The van der Waals surface area contributed by atoms with E-state index in [2.05, 4.69) is 0 Å². The van der Waals surface area contributed by atoms with Crippen molar-refractivity contribution in [3.05, 3.63) is 29.3 Å². The Labute approximate surface area is 143 Å². The average Bonchev–Trinajstić information content (AvgIpc) is 2.52. The normalized spacial score (nSPS) is 16.2. The van der Waals surface area contributed by atoms with Crippen LogP contribution in [0.4, 0.5) is 0 Å². The lowest BCUT2D eigenvalue weighted by molar-refractivity contribution is -0.134. The molecule has 24 heavy (non-hydrogen) atoms. The van der Waals surface area contributed by atoms with E-state index < -0.39 is 10.0 Å². The summed E-state index contributed by atoms with van der Waals surface area (Å²) >= 11 is 0. The number of carbonyl (C=O) groups is 2. The number of aryl methyl sites for hydroxylation is 2. The van der Waals surface area contributed by atoms with Gasteiger partial charge in [-0.3, -0.25) is 4.79 Å². The van der Waals surface area contributed by atoms with E-state index >= 15 is 0 Å². The molecule has 0 spiro atoms. The topological polar surface area (TPSA) is 74.8 Å². The number of hydrogen-bond donors (Lipinski definition) is 0. The highest BCUT2D eigenvalue weighted by Gasteiger charge is 2.30. The SMILES string of the molecule is CC(=O)CCC(=O)N1CCN(S(=O)(=O)c2ccc(C)cc2C)CC1. The molecule has 0 unspecified atom stereocenters. The lowest BCUT2D eigenvalue weighted by atomic mass is 10.2. The molecular formula is C17H24N2O4S. The minimum Gasteiger partial charge on any atom is -0.340 e. The smallest absolute Gasteiger partial charge is 0.243 e. The van der Waals surface area contributed by atoms with Crippen LogP contribution in [0.15, 0.2) is 23.1 Å². The molecule has 0 aromatic heterocycles. The van der Waals surface area contributed by atoms with Gasteiger partial charge in [-0.05, 0) is 32.4 Å². The summed E-state index contributed by atoms with van der Waals surface area (Å²) in [7, 11) is -3.54. The van der Waals surface area contributed by atoms with Crippen LogP contribution in [0.5, 0.6) is 0 Å². The van der Waals surface area contributed by atoms with Gasteiger partial charge in [0.05, 0.1) is 4.90 Å². The van der Waals surface area contributed by atoms with Crippen molar-refractivity contribution in [3.63, 3.8) is 0 Å². The second kappa shape index (κ2) is 7.44. The second-order valence-electron chi connectivity index (χ2n) is 6.26. The minimum atomic E-state index is -3.54. The number of piperazine rings is 1. The van der Waals surface area contributed by atoms with Gasteiger partial charge in [-0.25, -0.2) is 8.42 Å². The van der Waals surface area contributed by atoms with Crippen molar-refractivity contribution in [2.45, 2.75) is 38.5 Å². The summed E-state index contributed by atoms with van der Waals surface area (Å²) < 4.78 is 27.0. The Morgan fingerprint density at radius 3 is 2.21 bits per heavy atom. The van der Waals surface area contributed by atoms with E-state index in [0.29, 0.717) is 18.0 Å². The van der Waals surface area contributed by atoms with Crippen molar-refractivity contribution in [2.75, 3.05) is 26.2 Å². The number of Topliss-reactive ketones (excluding diaryl/α,β-unsaturated/α-hetero) is 1. The molecule has 1 aromatic rings. The van der Waals surface area contributed by atoms with E-state index in [4.69, 9.17) is 0 Å². The number of carbonyl (C=O) groups excluding carboxylic acids is 2. The van der Waals surface area contributed by atoms with Gasteiger partial charge in [-0.15, -0.1) is 0 Å². The van der Waals surface area contributed by atoms with E-state index in [-0.39, 0.29) is 37.6 Å². The predicted octanol–water partition coefficient (Wildman–Crippen LogP) is 1.51. The zero-order chi connectivity index (χ0) is 17.9. The third-order valence-electron chi connectivity index (χ3n) is 4.23. The number of nitrogens with zero attached hydrogens (tertiary/aromatic N) is 2. The van der Waals surface area contributed by atoms with Crippen LogP contribution < -0.4 is 0 Å². The first-order chi connectivity index (χ1) is 11.2. The molecule has 0 bridgehead atoms. The summed E-state index contributed by atoms with van der Waals surface area (Å²) in [5.74, 6) is -0.104. The predicted molar refractivity (Wildman–Crippen MR) is 91.2 cm³/mol. The van der Waals surface area contributed by atoms with E-state index in [1.165, 1.54) is 11.2 Å². The van der Waals surface area contributed by atoms with Crippen molar-refractivity contribution in [1.29, 1.82) is 0 Å². The number of amides is 1. The Balaban J connectivity index is 2.03. The molecule has 1 aromatic carbocycles. The molecule has 7 heteroatoms. The maximum atomic E-state index is 12.8. The van der Waals surface area contributed by atoms with Gasteiger partial charge < -0.3 is 9.69 Å². The molecule has 0 radical (unpaired) electrons. The van der Waals surface area contributed by atoms with Crippen molar-refractivity contribution in [2.24, 2.45) is 0 Å². The maximum absolute atomic E-state index is 12.8. The minimum absolute atomic E-state index is 0.0144. The van der Waals surface area contributed by atoms with Crippen LogP contribution in [0.1, 0.15) is 30.9 Å². The Bertz CT molecular complexity index is 735. The van der Waals surface area contributed by atoms with Gasteiger partial charge in [0.25, 0.3) is 0 Å². The van der Waals surface area contributed by atoms with E-state index in [1.807, 2.05) is 13.0 Å². The Morgan fingerprint density at radius 1 is 1.04 bits per heavy atom. The fourth-order valence-electron chi connectivity index (χ4n) is 2.85. The molecule has 1 aliphatic rings. The van der Waals surface area contributed by atoms with E-state index in [9.17, 15) is 18.0 Å². The van der Waals surface area contributed by atoms with Gasteiger partial charge in [-0.2, -0.15) is 4.31 Å². The molecule has 0 atom stereocenters. The lowest BCUT2D eigenvalue weighted by Gasteiger charge is -2.34. The second-order valence-corrected chi connectivity index (χ2v) is 8.16. The van der Waals surface area contributed by atoms with Crippen molar-refractivity contribution in [3.8, 4) is 0 Å². The molecule has 2 rings (SSSR count). The van der Waals surface area contributed by atoms with Crippen LogP contribution in [-0.2, 0) is 19.6 Å². The molecule has 1 fully saturated rings. The number of hydrogen-bond acceptors (Lipinski definition) is 4. The Kier molecular flexibility index (Phi) is 5.77. The fraction of sp³-hybridized carbons (Fsp3) is 0.529. The number of rotatable bonds is 5. The molecule has 132 valence electrons. The first kappa shape index (κ1) is 18.6. The van der Waals surface area contributed by atoms with Crippen molar-refractivity contribution in [1.82, 2.24) is 9.21 Å². The maximum Gasteiger partial charge on any atom is 0.243 e. The van der Waals surface area contributed by atoms with Crippen LogP contribution in [-0.4, -0.2) is 55.5 Å². The summed E-state index contributed by atoms with van der Waals surface area (Å²) in [6.45, 7) is 6.46. The highest BCUT2D eigenvalue weighted by atomic mass is 32.2. The highest BCUT2D eigenvalue weighted by Crippen LogP contribution is 2.22. The van der Waals surface area contributed by atoms with Crippen LogP contribution in [0.2, 0.25) is 0 Å². The largest absolute Gasteiger partial charge is 0.340 e. The highest BCUT2D eigenvalue weighted by molar-refractivity contribution is 7.89. The fourth-order valence-corrected chi connectivity index (χ4v) is 4.47. The van der Waals surface area contributed by atoms with Crippen molar-refractivity contribution < 1.29 is 18.0 Å². The van der Waals surface area contributed by atoms with Gasteiger partial charge in [0, 0.05) is 39.0 Å². The third kappa shape index (κ3) is 4.21. The Hall–Kier alpha value is -1.73. The lowest BCUT2D eigenvalue weighted by Crippen LogP contribution is -2.50. The summed E-state index contributed by atoms with van der Waals surface area (Å²) in [5.41, 5.74) is 1.75. The summed E-state index contributed by atoms with van der Waals surface area (Å²) in [4.78, 5) is 25.0. The van der Waals surface area contributed by atoms with Crippen LogP contribution in [0.3, 0.4) is 0 Å². The zero-order valence-electron chi connectivity index (χ0n) is 14.4. The van der Waals surface area contributed by atoms with Crippen LogP contribution in [0.25, 0.3) is 0 Å². The van der Waals surface area contributed by atoms with Crippen molar-refractivity contribution >= 4 is 21.7 Å². The summed E-state index contributed by atoms with van der Waals surface area (Å²) in [6.07, 6.45) is 0.430. The summed E-state index contributed by atoms with van der Waals surface area (Å²) in [6, 6.07) is 5.29. The number of ketones is 1. The average molecular weight is 352 g/mol. The first-order valence-corrected chi connectivity index (χ1v) is 9.50. The monoisotopic (exact) mass is 352 g/mol. The van der Waals surface area contributed by atoms with Gasteiger partial charge in [0.2, 0.25) is 15.9 Å². The van der Waals surface area contributed by atoms with Gasteiger partial charge >= 0.3 is 0 Å². The third-order valence-corrected chi connectivity index (χ3v) is 6.29. The quantitative estimate of drug-likeness (QED) is 0.805. The van der Waals surface area contributed by atoms with Gasteiger partial charge in [0.1, 0.15) is 5.78 Å². The van der Waals surface area contributed by atoms with Gasteiger partial charge in [-0.1, -0.05) is 17.7 Å². The standard InChI is InChI=1S/C17H24N2O4S/c1-13-4-6-16(14(2)12-13)24(22,23)19-10-8-18(9-11-19)17(21)7-5-15(3)20/h4,6,12H,5,7-11H2,1-3H3. The molecule has 1 heterocycles. The molecular weight excluding hydrogens is 328 g/mol. The molecule has 0 N–H and O–H groups in total. The number of benzene rings is 1. The molecule has 0 aliphatic carbocycles. The number of sulfonamides is 1. The Morgan fingerprint density at radius 2 is 1.67 bits per heavy atom. The van der Waals surface area contributed by atoms with Crippen LogP contribution >= 0.6 is 0 Å². The van der Waals surface area contributed by atoms with E-state index in [1.54, 1.807) is 24.0 Å².